The highest BCUT2D eigenvalue weighted by Gasteiger charge is 2.23. The molecule has 3 rings (SSSR count). The van der Waals surface area contributed by atoms with Gasteiger partial charge in [-0.15, -0.1) is 0 Å². The maximum absolute atomic E-state index is 9.17. The Kier molecular flexibility index (Phi) is 5.60. The Morgan fingerprint density at radius 3 is 2.76 bits per heavy atom. The third-order valence-electron chi connectivity index (χ3n) is 4.70. The van der Waals surface area contributed by atoms with Crippen LogP contribution in [0.4, 0.5) is 0 Å². The summed E-state index contributed by atoms with van der Waals surface area (Å²) in [5.41, 5.74) is 3.37. The number of ether oxygens (including phenoxy) is 2. The average molecular weight is 345 g/mol. The summed E-state index contributed by atoms with van der Waals surface area (Å²) in [4.78, 5) is 2.35. The van der Waals surface area contributed by atoms with E-state index in [2.05, 4.69) is 23.8 Å². The van der Waals surface area contributed by atoms with Crippen LogP contribution >= 0.6 is 0 Å². The molecule has 136 valence electrons. The minimum absolute atomic E-state index is 0.0166. The molecule has 2 aromatic rings. The quantitative estimate of drug-likeness (QED) is 0.833. The van der Waals surface area contributed by atoms with E-state index < -0.39 is 0 Å². The number of hydrogen-bond donors (Lipinski definition) is 1. The Labute approximate surface area is 149 Å². The van der Waals surface area contributed by atoms with Crippen LogP contribution in [0.5, 0.6) is 11.5 Å². The number of hydrogen-bond acceptors (Lipinski definition) is 5. The van der Waals surface area contributed by atoms with E-state index in [0.717, 1.165) is 42.5 Å². The first kappa shape index (κ1) is 17.8. The van der Waals surface area contributed by atoms with Gasteiger partial charge in [0.25, 0.3) is 0 Å². The van der Waals surface area contributed by atoms with Crippen molar-refractivity contribution in [3.8, 4) is 11.5 Å². The van der Waals surface area contributed by atoms with Crippen molar-refractivity contribution < 1.29 is 14.6 Å². The smallest absolute Gasteiger partial charge is 0.161 e. The van der Waals surface area contributed by atoms with Crippen molar-refractivity contribution in [3.05, 3.63) is 41.2 Å². The summed E-state index contributed by atoms with van der Waals surface area (Å²) in [6.45, 7) is 9.99. The number of nitrogens with zero attached hydrogens (tertiary/aromatic N) is 3. The molecule has 25 heavy (non-hydrogen) atoms. The molecule has 1 aromatic heterocycles. The van der Waals surface area contributed by atoms with Gasteiger partial charge in [0.2, 0.25) is 0 Å². The largest absolute Gasteiger partial charge is 0.486 e. The molecule has 0 saturated carbocycles. The van der Waals surface area contributed by atoms with E-state index in [4.69, 9.17) is 14.6 Å². The number of rotatable bonds is 7. The van der Waals surface area contributed by atoms with E-state index in [1.165, 1.54) is 5.56 Å². The molecule has 1 aromatic carbocycles. The van der Waals surface area contributed by atoms with Crippen molar-refractivity contribution in [2.75, 3.05) is 26.3 Å². The van der Waals surface area contributed by atoms with E-state index in [-0.39, 0.29) is 12.7 Å². The normalized spacial score (nSPS) is 16.4. The molecule has 1 unspecified atom stereocenters. The lowest BCUT2D eigenvalue weighted by molar-refractivity contribution is 0.0579. The molecule has 0 radical (unpaired) electrons. The lowest BCUT2D eigenvalue weighted by Gasteiger charge is -2.31. The van der Waals surface area contributed by atoms with E-state index in [1.54, 1.807) is 0 Å². The van der Waals surface area contributed by atoms with E-state index >= 15 is 0 Å². The second-order valence-electron chi connectivity index (χ2n) is 6.42. The van der Waals surface area contributed by atoms with Gasteiger partial charge in [0.15, 0.2) is 11.5 Å². The van der Waals surface area contributed by atoms with E-state index in [9.17, 15) is 0 Å². The molecule has 1 atom stereocenters. The monoisotopic (exact) mass is 345 g/mol. The van der Waals surface area contributed by atoms with Crippen molar-refractivity contribution in [2.45, 2.75) is 40.0 Å². The van der Waals surface area contributed by atoms with Crippen LogP contribution in [0.3, 0.4) is 0 Å². The summed E-state index contributed by atoms with van der Waals surface area (Å²) in [6, 6.07) is 7.80. The lowest BCUT2D eigenvalue weighted by Crippen LogP contribution is -2.40. The van der Waals surface area contributed by atoms with Gasteiger partial charge < -0.3 is 14.6 Å². The number of aliphatic hydroxyl groups excluding tert-OH is 1. The first-order valence-electron chi connectivity index (χ1n) is 8.87. The van der Waals surface area contributed by atoms with Crippen LogP contribution in [0.1, 0.15) is 23.9 Å². The number of aliphatic hydroxyl groups is 1. The van der Waals surface area contributed by atoms with Crippen molar-refractivity contribution in [2.24, 2.45) is 0 Å². The zero-order valence-corrected chi connectivity index (χ0v) is 15.2. The Bertz CT molecular complexity index is 714. The van der Waals surface area contributed by atoms with Gasteiger partial charge in [0, 0.05) is 24.3 Å². The molecule has 1 aliphatic heterocycles. The Morgan fingerprint density at radius 2 is 2.04 bits per heavy atom. The fraction of sp³-hybridized carbons (Fsp3) is 0.526. The highest BCUT2D eigenvalue weighted by atomic mass is 16.6. The molecule has 0 spiro atoms. The maximum Gasteiger partial charge on any atom is 0.161 e. The number of fused-ring (bicyclic) bond motifs is 1. The van der Waals surface area contributed by atoms with Gasteiger partial charge in [-0.1, -0.05) is 19.1 Å². The molecule has 1 N–H and O–H groups in total. The SMILES string of the molecule is CCN(Cc1c(C)nn(CCO)c1C)CC1COc2ccccc2O1. The minimum atomic E-state index is 0.0166. The molecule has 6 nitrogen and oxygen atoms in total. The molecule has 6 heteroatoms. The standard InChI is InChI=1S/C19H27N3O3/c1-4-21(12-17-14(2)20-22(9-10-23)15(17)3)11-16-13-24-18-7-5-6-8-19(18)25-16/h5-8,16,23H,4,9-13H2,1-3H3. The first-order chi connectivity index (χ1) is 12.1. The fourth-order valence-electron chi connectivity index (χ4n) is 3.25. The average Bonchev–Trinajstić information content (AvgIpc) is 2.88. The van der Waals surface area contributed by atoms with Crippen molar-refractivity contribution in [1.29, 1.82) is 0 Å². The Morgan fingerprint density at radius 1 is 1.28 bits per heavy atom. The predicted octanol–water partition coefficient (Wildman–Crippen LogP) is 2.15. The lowest BCUT2D eigenvalue weighted by atomic mass is 10.1. The molecule has 0 bridgehead atoms. The molecule has 0 fully saturated rings. The summed E-state index contributed by atoms with van der Waals surface area (Å²) in [5.74, 6) is 1.64. The number of aromatic nitrogens is 2. The molecule has 1 aliphatic rings. The van der Waals surface area contributed by atoms with Gasteiger partial charge >= 0.3 is 0 Å². The van der Waals surface area contributed by atoms with Crippen LogP contribution in [0.2, 0.25) is 0 Å². The maximum atomic E-state index is 9.17. The van der Waals surface area contributed by atoms with Crippen LogP contribution in [0, 0.1) is 13.8 Å². The first-order valence-corrected chi connectivity index (χ1v) is 8.87. The van der Waals surface area contributed by atoms with Crippen LogP contribution in [0.15, 0.2) is 24.3 Å². The van der Waals surface area contributed by atoms with Gasteiger partial charge in [-0.3, -0.25) is 9.58 Å². The fourth-order valence-corrected chi connectivity index (χ4v) is 3.25. The Balaban J connectivity index is 1.66. The highest BCUT2D eigenvalue weighted by Crippen LogP contribution is 2.31. The number of para-hydroxylation sites is 2. The third kappa shape index (κ3) is 3.96. The summed E-state index contributed by atoms with van der Waals surface area (Å²) in [5, 5.41) is 13.7. The molecule has 0 aliphatic carbocycles. The van der Waals surface area contributed by atoms with E-state index in [1.807, 2.05) is 35.9 Å². The predicted molar refractivity (Wildman–Crippen MR) is 96.1 cm³/mol. The molecule has 0 saturated heterocycles. The highest BCUT2D eigenvalue weighted by molar-refractivity contribution is 5.40. The molecule has 2 heterocycles. The topological polar surface area (TPSA) is 59.8 Å². The minimum Gasteiger partial charge on any atom is -0.486 e. The zero-order valence-electron chi connectivity index (χ0n) is 15.2. The number of benzene rings is 1. The van der Waals surface area contributed by atoms with Gasteiger partial charge in [-0.05, 0) is 32.5 Å². The van der Waals surface area contributed by atoms with Crippen molar-refractivity contribution in [1.82, 2.24) is 14.7 Å². The van der Waals surface area contributed by atoms with Crippen LogP contribution < -0.4 is 9.47 Å². The molecular formula is C19H27N3O3. The molecular weight excluding hydrogens is 318 g/mol. The van der Waals surface area contributed by atoms with Crippen molar-refractivity contribution >= 4 is 0 Å². The second kappa shape index (κ2) is 7.89. The van der Waals surface area contributed by atoms with Gasteiger partial charge in [-0.2, -0.15) is 5.10 Å². The Hall–Kier alpha value is -2.05. The van der Waals surface area contributed by atoms with Gasteiger partial charge in [0.05, 0.1) is 18.8 Å². The zero-order chi connectivity index (χ0) is 17.8. The number of likely N-dealkylation sites (N-methyl/N-ethyl adjacent to an activating group) is 1. The van der Waals surface area contributed by atoms with Crippen LogP contribution in [-0.2, 0) is 13.1 Å². The van der Waals surface area contributed by atoms with Crippen molar-refractivity contribution in [3.63, 3.8) is 0 Å². The second-order valence-corrected chi connectivity index (χ2v) is 6.42. The van der Waals surface area contributed by atoms with Gasteiger partial charge in [0.1, 0.15) is 12.7 Å². The van der Waals surface area contributed by atoms with E-state index in [0.29, 0.717) is 13.2 Å². The summed E-state index contributed by atoms with van der Waals surface area (Å²) < 4.78 is 13.8. The van der Waals surface area contributed by atoms with Gasteiger partial charge in [-0.25, -0.2) is 0 Å². The third-order valence-corrected chi connectivity index (χ3v) is 4.70. The van der Waals surface area contributed by atoms with Crippen LogP contribution in [-0.4, -0.2) is 52.2 Å². The number of aryl methyl sites for hydroxylation is 1. The summed E-state index contributed by atoms with van der Waals surface area (Å²) in [6.07, 6.45) is 0.0166. The summed E-state index contributed by atoms with van der Waals surface area (Å²) >= 11 is 0. The summed E-state index contributed by atoms with van der Waals surface area (Å²) in [7, 11) is 0. The van der Waals surface area contributed by atoms with Crippen LogP contribution in [0.25, 0.3) is 0 Å². The molecule has 0 amide bonds.